The zero-order valence-electron chi connectivity index (χ0n) is 7.32. The predicted molar refractivity (Wildman–Crippen MR) is 52.9 cm³/mol. The first-order valence-corrected chi connectivity index (χ1v) is 3.70. The van der Waals surface area contributed by atoms with Crippen LogP contribution in [-0.4, -0.2) is 5.97 Å². The number of hydrogen-bond acceptors (Lipinski definition) is 3. The van der Waals surface area contributed by atoms with Crippen molar-refractivity contribution < 1.29 is 9.53 Å². The van der Waals surface area contributed by atoms with E-state index in [9.17, 15) is 4.79 Å². The van der Waals surface area contributed by atoms with Gasteiger partial charge in [0.1, 0.15) is 5.75 Å². The van der Waals surface area contributed by atoms with Gasteiger partial charge in [-0.15, -0.1) is 12.4 Å². The highest BCUT2D eigenvalue weighted by Gasteiger charge is 1.97. The Labute approximate surface area is 83.3 Å². The van der Waals surface area contributed by atoms with Crippen molar-refractivity contribution in [3.05, 3.63) is 29.8 Å². The van der Waals surface area contributed by atoms with Crippen LogP contribution in [0.4, 0.5) is 0 Å². The van der Waals surface area contributed by atoms with E-state index in [0.29, 0.717) is 12.3 Å². The van der Waals surface area contributed by atoms with Crippen LogP contribution in [0.3, 0.4) is 0 Å². The molecule has 0 fully saturated rings. The van der Waals surface area contributed by atoms with Crippen LogP contribution >= 0.6 is 12.4 Å². The first kappa shape index (κ1) is 11.9. The van der Waals surface area contributed by atoms with E-state index in [1.165, 1.54) is 6.92 Å². The molecule has 0 amide bonds. The molecule has 0 saturated carbocycles. The van der Waals surface area contributed by atoms with E-state index in [1.807, 2.05) is 6.07 Å². The Morgan fingerprint density at radius 3 is 2.77 bits per heavy atom. The van der Waals surface area contributed by atoms with E-state index in [-0.39, 0.29) is 18.4 Å². The van der Waals surface area contributed by atoms with Crippen LogP contribution in [0, 0.1) is 0 Å². The zero-order valence-corrected chi connectivity index (χ0v) is 8.14. The summed E-state index contributed by atoms with van der Waals surface area (Å²) < 4.78 is 4.86. The van der Waals surface area contributed by atoms with Gasteiger partial charge in [0.05, 0.1) is 0 Å². The van der Waals surface area contributed by atoms with E-state index < -0.39 is 0 Å². The molecule has 72 valence electrons. The van der Waals surface area contributed by atoms with Crippen molar-refractivity contribution in [1.82, 2.24) is 0 Å². The average Bonchev–Trinajstić information content (AvgIpc) is 2.03. The maximum Gasteiger partial charge on any atom is 0.308 e. The summed E-state index contributed by atoms with van der Waals surface area (Å²) >= 11 is 0. The van der Waals surface area contributed by atoms with Crippen molar-refractivity contribution in [3.8, 4) is 5.75 Å². The molecule has 0 aromatic heterocycles. The number of rotatable bonds is 2. The van der Waals surface area contributed by atoms with Gasteiger partial charge in [-0.3, -0.25) is 4.79 Å². The van der Waals surface area contributed by atoms with Crippen LogP contribution in [-0.2, 0) is 11.3 Å². The Morgan fingerprint density at radius 1 is 1.54 bits per heavy atom. The number of hydrogen-bond donors (Lipinski definition) is 1. The van der Waals surface area contributed by atoms with Crippen molar-refractivity contribution in [3.63, 3.8) is 0 Å². The lowest BCUT2D eigenvalue weighted by molar-refractivity contribution is -0.131. The van der Waals surface area contributed by atoms with Crippen LogP contribution in [0.2, 0.25) is 0 Å². The molecule has 4 heteroatoms. The highest BCUT2D eigenvalue weighted by molar-refractivity contribution is 5.85. The molecule has 0 spiro atoms. The molecule has 0 heterocycles. The molecule has 1 rings (SSSR count). The molecule has 0 unspecified atom stereocenters. The van der Waals surface area contributed by atoms with Gasteiger partial charge in [-0.2, -0.15) is 0 Å². The number of esters is 1. The molecule has 0 saturated heterocycles. The second-order valence-electron chi connectivity index (χ2n) is 2.45. The molecule has 2 N–H and O–H groups in total. The fourth-order valence-electron chi connectivity index (χ4n) is 0.902. The summed E-state index contributed by atoms with van der Waals surface area (Å²) in [5, 5.41) is 0. The molecule has 13 heavy (non-hydrogen) atoms. The van der Waals surface area contributed by atoms with E-state index in [1.54, 1.807) is 18.2 Å². The molecule has 1 aromatic rings. The summed E-state index contributed by atoms with van der Waals surface area (Å²) in [6.07, 6.45) is 0. The minimum absolute atomic E-state index is 0. The Morgan fingerprint density at radius 2 is 2.23 bits per heavy atom. The number of nitrogens with two attached hydrogens (primary N) is 1. The topological polar surface area (TPSA) is 52.3 Å². The summed E-state index contributed by atoms with van der Waals surface area (Å²) in [5.74, 6) is 0.231. The Hall–Kier alpha value is -1.06. The van der Waals surface area contributed by atoms with Crippen molar-refractivity contribution in [2.24, 2.45) is 5.73 Å². The Kier molecular flexibility index (Phi) is 5.11. The van der Waals surface area contributed by atoms with Crippen LogP contribution in [0.25, 0.3) is 0 Å². The molecule has 0 aliphatic rings. The minimum atomic E-state index is -0.316. The lowest BCUT2D eigenvalue weighted by atomic mass is 10.2. The van der Waals surface area contributed by atoms with Crippen LogP contribution in [0.15, 0.2) is 24.3 Å². The maximum atomic E-state index is 10.6. The number of carbonyl (C=O) groups excluding carboxylic acids is 1. The van der Waals surface area contributed by atoms with E-state index >= 15 is 0 Å². The third-order valence-electron chi connectivity index (χ3n) is 1.40. The average molecular weight is 202 g/mol. The summed E-state index contributed by atoms with van der Waals surface area (Å²) in [5.41, 5.74) is 6.36. The number of halogens is 1. The first-order chi connectivity index (χ1) is 5.72. The number of carbonyl (C=O) groups is 1. The van der Waals surface area contributed by atoms with E-state index in [4.69, 9.17) is 10.5 Å². The molecular weight excluding hydrogens is 190 g/mol. The standard InChI is InChI=1S/C9H11NO2.ClH/c1-7(11)12-9-4-2-3-8(5-9)6-10;/h2-5H,6,10H2,1H3;1H. The van der Waals surface area contributed by atoms with Gasteiger partial charge in [-0.25, -0.2) is 0 Å². The van der Waals surface area contributed by atoms with Crippen molar-refractivity contribution in [2.75, 3.05) is 0 Å². The van der Waals surface area contributed by atoms with E-state index in [0.717, 1.165) is 5.56 Å². The lowest BCUT2D eigenvalue weighted by Gasteiger charge is -2.02. The molecular formula is C9H12ClNO2. The van der Waals surface area contributed by atoms with Crippen LogP contribution in [0.5, 0.6) is 5.75 Å². The number of benzene rings is 1. The fourth-order valence-corrected chi connectivity index (χ4v) is 0.902. The summed E-state index contributed by atoms with van der Waals surface area (Å²) in [6.45, 7) is 1.82. The maximum absolute atomic E-state index is 10.6. The molecule has 0 bridgehead atoms. The van der Waals surface area contributed by atoms with Gasteiger partial charge >= 0.3 is 5.97 Å². The molecule has 1 aromatic carbocycles. The predicted octanol–water partition coefficient (Wildman–Crippen LogP) is 1.49. The second kappa shape index (κ2) is 5.56. The van der Waals surface area contributed by atoms with Gasteiger partial charge in [0.15, 0.2) is 0 Å². The SMILES string of the molecule is CC(=O)Oc1cccc(CN)c1.Cl. The third kappa shape index (κ3) is 3.92. The van der Waals surface area contributed by atoms with Gasteiger partial charge in [0, 0.05) is 13.5 Å². The third-order valence-corrected chi connectivity index (χ3v) is 1.40. The van der Waals surface area contributed by atoms with Gasteiger partial charge < -0.3 is 10.5 Å². The van der Waals surface area contributed by atoms with Crippen molar-refractivity contribution >= 4 is 18.4 Å². The smallest absolute Gasteiger partial charge is 0.308 e. The second-order valence-corrected chi connectivity index (χ2v) is 2.45. The zero-order chi connectivity index (χ0) is 8.97. The highest BCUT2D eigenvalue weighted by atomic mass is 35.5. The molecule has 0 atom stereocenters. The highest BCUT2D eigenvalue weighted by Crippen LogP contribution is 2.12. The van der Waals surface area contributed by atoms with E-state index in [2.05, 4.69) is 0 Å². The van der Waals surface area contributed by atoms with Gasteiger partial charge in [-0.05, 0) is 17.7 Å². The van der Waals surface area contributed by atoms with Crippen molar-refractivity contribution in [2.45, 2.75) is 13.5 Å². The monoisotopic (exact) mass is 201 g/mol. The van der Waals surface area contributed by atoms with Gasteiger partial charge in [0.25, 0.3) is 0 Å². The van der Waals surface area contributed by atoms with Crippen molar-refractivity contribution in [1.29, 1.82) is 0 Å². The molecule has 3 nitrogen and oxygen atoms in total. The summed E-state index contributed by atoms with van der Waals surface area (Å²) in [4.78, 5) is 10.6. The normalized spacial score (nSPS) is 8.77. The molecule has 0 aliphatic carbocycles. The minimum Gasteiger partial charge on any atom is -0.427 e. The Bertz CT molecular complexity index is 289. The quantitative estimate of drug-likeness (QED) is 0.583. The summed E-state index contributed by atoms with van der Waals surface area (Å²) in [6, 6.07) is 7.16. The summed E-state index contributed by atoms with van der Waals surface area (Å²) in [7, 11) is 0. The van der Waals surface area contributed by atoms with Crippen LogP contribution < -0.4 is 10.5 Å². The van der Waals surface area contributed by atoms with Gasteiger partial charge in [0.2, 0.25) is 0 Å². The Balaban J connectivity index is 0.00000144. The molecule has 0 aliphatic heterocycles. The molecule has 0 radical (unpaired) electrons. The van der Waals surface area contributed by atoms with Crippen LogP contribution in [0.1, 0.15) is 12.5 Å². The number of ether oxygens (including phenoxy) is 1. The first-order valence-electron chi connectivity index (χ1n) is 3.70. The lowest BCUT2D eigenvalue weighted by Crippen LogP contribution is -2.02. The fraction of sp³-hybridized carbons (Fsp3) is 0.222. The largest absolute Gasteiger partial charge is 0.427 e. The van der Waals surface area contributed by atoms with Gasteiger partial charge in [-0.1, -0.05) is 12.1 Å².